The highest BCUT2D eigenvalue weighted by Crippen LogP contribution is 2.45. The molecule has 1 aromatic carbocycles. The van der Waals surface area contributed by atoms with Crippen LogP contribution < -0.4 is 5.09 Å². The first-order chi connectivity index (χ1) is 7.49. The van der Waals surface area contributed by atoms with Gasteiger partial charge in [0.25, 0.3) is 0 Å². The molecule has 0 aliphatic heterocycles. The Bertz CT molecular complexity index is 397. The van der Waals surface area contributed by atoms with Gasteiger partial charge in [-0.15, -0.1) is 0 Å². The van der Waals surface area contributed by atoms with Gasteiger partial charge >= 0.3 is 16.0 Å². The van der Waals surface area contributed by atoms with E-state index in [0.717, 1.165) is 5.56 Å². The lowest BCUT2D eigenvalue weighted by atomic mass is 10.2. The number of hydrogen-bond acceptors (Lipinski definition) is 3. The van der Waals surface area contributed by atoms with E-state index in [-0.39, 0.29) is 6.54 Å². The fourth-order valence-electron chi connectivity index (χ4n) is 1.12. The minimum Gasteiger partial charge on any atom is -0.326 e. The third kappa shape index (κ3) is 5.56. The predicted molar refractivity (Wildman–Crippen MR) is 60.3 cm³/mol. The van der Waals surface area contributed by atoms with Crippen LogP contribution in [0.5, 0.6) is 0 Å². The Balaban J connectivity index is 2.36. The first-order valence-corrected chi connectivity index (χ1v) is 7.38. The second-order valence-corrected chi connectivity index (χ2v) is 5.64. The van der Waals surface area contributed by atoms with E-state index in [9.17, 15) is 9.13 Å². The second-order valence-electron chi connectivity index (χ2n) is 3.02. The lowest BCUT2D eigenvalue weighted by Gasteiger charge is -2.10. The lowest BCUT2D eigenvalue weighted by Crippen LogP contribution is -2.14. The summed E-state index contributed by atoms with van der Waals surface area (Å²) in [6.07, 6.45) is 0.529. The van der Waals surface area contributed by atoms with Crippen molar-refractivity contribution in [3.05, 3.63) is 35.9 Å². The van der Waals surface area contributed by atoms with Crippen LogP contribution in [0.3, 0.4) is 0 Å². The van der Waals surface area contributed by atoms with Crippen molar-refractivity contribution < 1.29 is 23.2 Å². The minimum absolute atomic E-state index is 0.187. The van der Waals surface area contributed by atoms with Gasteiger partial charge in [0.1, 0.15) is 0 Å². The van der Waals surface area contributed by atoms with Crippen molar-refractivity contribution in [2.45, 2.75) is 6.42 Å². The van der Waals surface area contributed by atoms with Crippen LogP contribution in [0.25, 0.3) is 0 Å². The summed E-state index contributed by atoms with van der Waals surface area (Å²) < 4.78 is 25.3. The molecule has 0 spiro atoms. The van der Waals surface area contributed by atoms with E-state index in [0.29, 0.717) is 6.42 Å². The maximum atomic E-state index is 11.1. The smallest absolute Gasteiger partial charge is 0.326 e. The molecule has 0 aliphatic rings. The maximum Gasteiger partial charge on any atom is 0.409 e. The van der Waals surface area contributed by atoms with Crippen LogP contribution in [0.1, 0.15) is 5.56 Å². The summed E-state index contributed by atoms with van der Waals surface area (Å²) in [7, 11) is -7.56. The number of hydrogen-bond donors (Lipinski definition) is 3. The average molecular weight is 265 g/mol. The first kappa shape index (κ1) is 13.6. The number of benzene rings is 1. The molecule has 2 atom stereocenters. The van der Waals surface area contributed by atoms with Gasteiger partial charge in [-0.1, -0.05) is 30.3 Å². The zero-order valence-corrected chi connectivity index (χ0v) is 10.3. The van der Waals surface area contributed by atoms with Crippen molar-refractivity contribution in [3.63, 3.8) is 0 Å². The van der Waals surface area contributed by atoms with Gasteiger partial charge in [-0.05, 0) is 12.0 Å². The van der Waals surface area contributed by atoms with Gasteiger partial charge < -0.3 is 9.79 Å². The quantitative estimate of drug-likeness (QED) is 0.671. The molecule has 0 bridgehead atoms. The molecular formula is C8H13NO5P2. The summed E-state index contributed by atoms with van der Waals surface area (Å²) in [5.41, 5.74) is 0.992. The molecule has 6 nitrogen and oxygen atoms in total. The molecule has 0 radical (unpaired) electrons. The summed E-state index contributed by atoms with van der Waals surface area (Å²) >= 11 is 0. The first-order valence-electron chi connectivity index (χ1n) is 4.54. The zero-order chi connectivity index (χ0) is 12.0. The van der Waals surface area contributed by atoms with E-state index in [1.807, 2.05) is 30.3 Å². The highest BCUT2D eigenvalue weighted by Gasteiger charge is 2.20. The number of nitrogens with one attached hydrogen (secondary N) is 1. The van der Waals surface area contributed by atoms with Crippen molar-refractivity contribution in [3.8, 4) is 0 Å². The van der Waals surface area contributed by atoms with Gasteiger partial charge in [-0.3, -0.25) is 4.57 Å². The van der Waals surface area contributed by atoms with Crippen LogP contribution in [0.4, 0.5) is 0 Å². The molecule has 0 amide bonds. The van der Waals surface area contributed by atoms with E-state index in [1.54, 1.807) is 0 Å². The largest absolute Gasteiger partial charge is 0.409 e. The molecular weight excluding hydrogens is 252 g/mol. The molecule has 1 rings (SSSR count). The SMILES string of the molecule is O=[PH](O)OP(=O)(O)NCCc1ccccc1. The van der Waals surface area contributed by atoms with Gasteiger partial charge in [0.15, 0.2) is 0 Å². The van der Waals surface area contributed by atoms with Crippen molar-refractivity contribution in [2.75, 3.05) is 6.54 Å². The van der Waals surface area contributed by atoms with Crippen LogP contribution in [0.2, 0.25) is 0 Å². The Labute approximate surface area is 93.8 Å². The van der Waals surface area contributed by atoms with Gasteiger partial charge in [0.05, 0.1) is 0 Å². The number of rotatable bonds is 6. The third-order valence-corrected chi connectivity index (χ3v) is 4.01. The topological polar surface area (TPSA) is 95.9 Å². The summed E-state index contributed by atoms with van der Waals surface area (Å²) in [5, 5.41) is 2.19. The normalized spacial score (nSPS) is 16.6. The molecule has 8 heteroatoms. The monoisotopic (exact) mass is 265 g/mol. The van der Waals surface area contributed by atoms with E-state index in [1.165, 1.54) is 0 Å². The lowest BCUT2D eigenvalue weighted by molar-refractivity contribution is 0.339. The predicted octanol–water partition coefficient (Wildman–Crippen LogP) is 1.32. The van der Waals surface area contributed by atoms with Gasteiger partial charge in [-0.2, -0.15) is 0 Å². The molecule has 0 saturated heterocycles. The molecule has 3 N–H and O–H groups in total. The molecule has 90 valence electrons. The third-order valence-electron chi connectivity index (χ3n) is 1.77. The molecule has 0 saturated carbocycles. The summed E-state index contributed by atoms with van der Waals surface area (Å²) in [6.45, 7) is 0.187. The minimum atomic E-state index is -4.15. The Morgan fingerprint density at radius 2 is 2.00 bits per heavy atom. The Morgan fingerprint density at radius 1 is 1.38 bits per heavy atom. The molecule has 1 aromatic rings. The van der Waals surface area contributed by atoms with Crippen LogP contribution in [-0.2, 0) is 19.9 Å². The van der Waals surface area contributed by atoms with E-state index in [2.05, 4.69) is 9.40 Å². The van der Waals surface area contributed by atoms with Gasteiger partial charge in [-0.25, -0.2) is 14.0 Å². The van der Waals surface area contributed by atoms with Crippen LogP contribution in [-0.4, -0.2) is 16.3 Å². The average Bonchev–Trinajstić information content (AvgIpc) is 2.16. The second kappa shape index (κ2) is 6.30. The summed E-state index contributed by atoms with van der Waals surface area (Å²) in [6, 6.07) is 9.34. The summed E-state index contributed by atoms with van der Waals surface area (Å²) in [5.74, 6) is 0. The highest BCUT2D eigenvalue weighted by molar-refractivity contribution is 7.58. The zero-order valence-electron chi connectivity index (χ0n) is 8.37. The van der Waals surface area contributed by atoms with Crippen LogP contribution in [0, 0.1) is 0 Å². The Hall–Kier alpha value is -0.480. The molecule has 16 heavy (non-hydrogen) atoms. The van der Waals surface area contributed by atoms with Crippen molar-refractivity contribution in [2.24, 2.45) is 0 Å². The Morgan fingerprint density at radius 3 is 2.56 bits per heavy atom. The van der Waals surface area contributed by atoms with Crippen LogP contribution >= 0.6 is 16.0 Å². The summed E-state index contributed by atoms with van der Waals surface area (Å²) in [4.78, 5) is 17.4. The fraction of sp³-hybridized carbons (Fsp3) is 0.250. The van der Waals surface area contributed by atoms with Crippen molar-refractivity contribution in [1.29, 1.82) is 0 Å². The molecule has 0 fully saturated rings. The van der Waals surface area contributed by atoms with E-state index >= 15 is 0 Å². The Kier molecular flexibility index (Phi) is 5.35. The van der Waals surface area contributed by atoms with E-state index in [4.69, 9.17) is 9.79 Å². The van der Waals surface area contributed by atoms with Gasteiger partial charge in [0, 0.05) is 6.54 Å². The molecule has 0 heterocycles. The fourth-order valence-corrected chi connectivity index (χ4v) is 2.62. The molecule has 0 aliphatic carbocycles. The van der Waals surface area contributed by atoms with Crippen LogP contribution in [0.15, 0.2) is 30.3 Å². The maximum absolute atomic E-state index is 11.1. The van der Waals surface area contributed by atoms with E-state index < -0.39 is 16.0 Å². The van der Waals surface area contributed by atoms with Crippen molar-refractivity contribution in [1.82, 2.24) is 5.09 Å². The standard InChI is InChI=1S/C8H13NO5P2/c10-15(11)14-16(12,13)9-7-6-8-4-2-1-3-5-8/h1-5,15H,6-7H2,(H,10,11)(H2,9,12,13). The highest BCUT2D eigenvalue weighted by atomic mass is 31.2. The van der Waals surface area contributed by atoms with Crippen molar-refractivity contribution >= 4 is 16.0 Å². The molecule has 0 aromatic heterocycles. The molecule has 2 unspecified atom stereocenters. The van der Waals surface area contributed by atoms with Gasteiger partial charge in [0.2, 0.25) is 0 Å².